The quantitative estimate of drug-likeness (QED) is 0.777. The van der Waals surface area contributed by atoms with Crippen molar-refractivity contribution in [2.45, 2.75) is 25.0 Å². The lowest BCUT2D eigenvalue weighted by molar-refractivity contribution is -0.190. The van der Waals surface area contributed by atoms with Gasteiger partial charge in [-0.2, -0.15) is 0 Å². The summed E-state index contributed by atoms with van der Waals surface area (Å²) in [5.41, 5.74) is 1.38. The molecule has 3 atom stereocenters. The van der Waals surface area contributed by atoms with E-state index in [1.54, 1.807) is 0 Å². The van der Waals surface area contributed by atoms with E-state index in [9.17, 15) is 4.79 Å². The van der Waals surface area contributed by atoms with Crippen LogP contribution in [0.2, 0.25) is 0 Å². The summed E-state index contributed by atoms with van der Waals surface area (Å²) in [6.45, 7) is 3.03. The molecule has 3 nitrogen and oxygen atoms in total. The molecule has 1 saturated carbocycles. The van der Waals surface area contributed by atoms with Crippen LogP contribution in [0, 0.1) is 5.41 Å². The van der Waals surface area contributed by atoms with Gasteiger partial charge in [0.25, 0.3) is 0 Å². The van der Waals surface area contributed by atoms with E-state index in [1.165, 1.54) is 5.56 Å². The Labute approximate surface area is 107 Å². The summed E-state index contributed by atoms with van der Waals surface area (Å²) < 4.78 is 0. The second kappa shape index (κ2) is 3.43. The van der Waals surface area contributed by atoms with Gasteiger partial charge in [-0.15, -0.1) is 0 Å². The highest BCUT2D eigenvalue weighted by Crippen LogP contribution is 2.58. The normalized spacial score (nSPS) is 38.8. The zero-order valence-corrected chi connectivity index (χ0v) is 10.7. The number of benzene rings is 1. The molecule has 18 heavy (non-hydrogen) atoms. The molecule has 1 aromatic rings. The van der Waals surface area contributed by atoms with E-state index in [4.69, 9.17) is 0 Å². The third-order valence-corrected chi connectivity index (χ3v) is 5.11. The molecule has 0 N–H and O–H groups in total. The number of likely N-dealkylation sites (N-methyl/N-ethyl adjacent to an activating group) is 1. The molecule has 3 unspecified atom stereocenters. The van der Waals surface area contributed by atoms with Gasteiger partial charge in [0.1, 0.15) is 5.78 Å². The van der Waals surface area contributed by atoms with Gasteiger partial charge in [-0.25, -0.2) is 0 Å². The highest BCUT2D eigenvalue weighted by molar-refractivity contribution is 5.96. The Morgan fingerprint density at radius 3 is 2.78 bits per heavy atom. The minimum atomic E-state index is 0.0174. The molecular formula is C15H18N2O. The molecular weight excluding hydrogens is 224 g/mol. The number of nitrogens with zero attached hydrogens (tertiary/aromatic N) is 2. The molecule has 2 aliphatic heterocycles. The average molecular weight is 242 g/mol. The van der Waals surface area contributed by atoms with Gasteiger partial charge >= 0.3 is 0 Å². The van der Waals surface area contributed by atoms with E-state index >= 15 is 0 Å². The fourth-order valence-corrected chi connectivity index (χ4v) is 4.24. The van der Waals surface area contributed by atoms with Crippen molar-refractivity contribution < 1.29 is 4.79 Å². The van der Waals surface area contributed by atoms with E-state index in [0.29, 0.717) is 17.9 Å². The van der Waals surface area contributed by atoms with E-state index in [2.05, 4.69) is 47.2 Å². The van der Waals surface area contributed by atoms with Crippen LogP contribution < -0.4 is 0 Å². The highest BCUT2D eigenvalue weighted by atomic mass is 16.1. The largest absolute Gasteiger partial charge is 0.304 e. The molecule has 3 heteroatoms. The minimum Gasteiger partial charge on any atom is -0.304 e. The number of carbonyl (C=O) groups is 1. The van der Waals surface area contributed by atoms with Crippen LogP contribution in [-0.2, 0) is 11.3 Å². The van der Waals surface area contributed by atoms with Crippen LogP contribution in [0.15, 0.2) is 30.3 Å². The van der Waals surface area contributed by atoms with E-state index in [0.717, 1.165) is 26.1 Å². The van der Waals surface area contributed by atoms with Crippen LogP contribution in [0.5, 0.6) is 0 Å². The van der Waals surface area contributed by atoms with Gasteiger partial charge in [-0.05, 0) is 12.6 Å². The predicted octanol–water partition coefficient (Wildman–Crippen LogP) is 1.14. The number of hydrogen-bond donors (Lipinski definition) is 0. The van der Waals surface area contributed by atoms with Gasteiger partial charge in [0.05, 0.1) is 5.41 Å². The third kappa shape index (κ3) is 1.14. The molecule has 0 amide bonds. The number of rotatable bonds is 2. The fraction of sp³-hybridized carbons (Fsp3) is 0.533. The summed E-state index contributed by atoms with van der Waals surface area (Å²) in [6.07, 6.45) is 0.775. The van der Waals surface area contributed by atoms with E-state index in [1.807, 2.05) is 0 Å². The second-order valence-corrected chi connectivity index (χ2v) is 6.05. The highest BCUT2D eigenvalue weighted by Gasteiger charge is 2.73. The van der Waals surface area contributed by atoms with Gasteiger partial charge in [-0.1, -0.05) is 30.3 Å². The van der Waals surface area contributed by atoms with Crippen LogP contribution in [0.25, 0.3) is 0 Å². The van der Waals surface area contributed by atoms with Crippen molar-refractivity contribution in [3.63, 3.8) is 0 Å². The van der Waals surface area contributed by atoms with Crippen molar-refractivity contribution in [1.82, 2.24) is 9.80 Å². The molecule has 0 radical (unpaired) electrons. The number of ketones is 1. The van der Waals surface area contributed by atoms with Crippen molar-refractivity contribution in [2.24, 2.45) is 5.41 Å². The first-order chi connectivity index (χ1) is 8.72. The predicted molar refractivity (Wildman–Crippen MR) is 69.1 cm³/mol. The second-order valence-electron chi connectivity index (χ2n) is 6.05. The average Bonchev–Trinajstić information content (AvgIpc) is 2.73. The zero-order valence-electron chi connectivity index (χ0n) is 10.7. The molecule has 2 saturated heterocycles. The van der Waals surface area contributed by atoms with Crippen molar-refractivity contribution in [3.05, 3.63) is 35.9 Å². The number of carbonyl (C=O) groups excluding carboxylic acids is 1. The summed E-state index contributed by atoms with van der Waals surface area (Å²) in [4.78, 5) is 16.8. The van der Waals surface area contributed by atoms with Crippen molar-refractivity contribution in [2.75, 3.05) is 20.1 Å². The summed E-state index contributed by atoms with van der Waals surface area (Å²) in [7, 11) is 2.14. The van der Waals surface area contributed by atoms with Crippen LogP contribution in [-0.4, -0.2) is 47.8 Å². The smallest absolute Gasteiger partial charge is 0.145 e. The summed E-state index contributed by atoms with van der Waals surface area (Å²) in [5, 5.41) is 0. The lowest BCUT2D eigenvalue weighted by atomic mass is 9.52. The molecule has 4 rings (SSSR count). The Morgan fingerprint density at radius 1 is 1.28 bits per heavy atom. The molecule has 0 bridgehead atoms. The van der Waals surface area contributed by atoms with Gasteiger partial charge < -0.3 is 4.90 Å². The molecule has 94 valence electrons. The van der Waals surface area contributed by atoms with Crippen LogP contribution in [0.1, 0.15) is 12.0 Å². The fourth-order valence-electron chi connectivity index (χ4n) is 4.24. The first kappa shape index (κ1) is 10.7. The molecule has 3 aliphatic rings. The van der Waals surface area contributed by atoms with Crippen molar-refractivity contribution >= 4 is 5.78 Å². The molecule has 2 heterocycles. The lowest BCUT2D eigenvalue weighted by Crippen LogP contribution is -2.80. The first-order valence-electron chi connectivity index (χ1n) is 6.73. The van der Waals surface area contributed by atoms with Crippen LogP contribution in [0.3, 0.4) is 0 Å². The Balaban J connectivity index is 1.57. The maximum absolute atomic E-state index is 12.0. The Morgan fingerprint density at radius 2 is 2.06 bits per heavy atom. The van der Waals surface area contributed by atoms with Gasteiger partial charge in [-0.3, -0.25) is 9.69 Å². The zero-order chi connectivity index (χ0) is 12.3. The Hall–Kier alpha value is -1.19. The molecule has 1 spiro atoms. The summed E-state index contributed by atoms with van der Waals surface area (Å²) >= 11 is 0. The minimum absolute atomic E-state index is 0.0174. The van der Waals surface area contributed by atoms with Gasteiger partial charge in [0, 0.05) is 38.1 Å². The lowest BCUT2D eigenvalue weighted by Gasteiger charge is -2.66. The SMILES string of the molecule is CN1CC2N(Cc3ccccc3)C3CC(=O)C32C1. The molecule has 1 aliphatic carbocycles. The monoisotopic (exact) mass is 242 g/mol. The van der Waals surface area contributed by atoms with E-state index in [-0.39, 0.29) is 5.41 Å². The van der Waals surface area contributed by atoms with E-state index < -0.39 is 0 Å². The Kier molecular flexibility index (Phi) is 2.04. The maximum atomic E-state index is 12.0. The molecule has 1 aromatic carbocycles. The van der Waals surface area contributed by atoms with Gasteiger partial charge in [0.2, 0.25) is 0 Å². The molecule has 0 aromatic heterocycles. The standard InChI is InChI=1S/C15H18N2O/c1-16-9-13-15(10-16)12(7-14(15)18)17(13)8-11-5-3-2-4-6-11/h2-6,12-13H,7-10H2,1H3. The number of Topliss-reactive ketones (excluding diaryl/α,β-unsaturated/α-hetero) is 1. The van der Waals surface area contributed by atoms with Crippen molar-refractivity contribution in [3.8, 4) is 0 Å². The van der Waals surface area contributed by atoms with Gasteiger partial charge in [0.15, 0.2) is 0 Å². The topological polar surface area (TPSA) is 23.6 Å². The number of hydrogen-bond acceptors (Lipinski definition) is 3. The van der Waals surface area contributed by atoms with Crippen molar-refractivity contribution in [1.29, 1.82) is 0 Å². The van der Waals surface area contributed by atoms with Crippen LogP contribution >= 0.6 is 0 Å². The number of likely N-dealkylation sites (tertiary alicyclic amines) is 2. The Bertz CT molecular complexity index is 500. The summed E-state index contributed by atoms with van der Waals surface area (Å²) in [6, 6.07) is 11.6. The third-order valence-electron chi connectivity index (χ3n) is 5.11. The van der Waals surface area contributed by atoms with Crippen LogP contribution in [0.4, 0.5) is 0 Å². The molecule has 3 fully saturated rings. The first-order valence-corrected chi connectivity index (χ1v) is 6.73. The summed E-state index contributed by atoms with van der Waals surface area (Å²) in [5.74, 6) is 0.506. The maximum Gasteiger partial charge on any atom is 0.145 e. The number of piperidine rings is 1.